The summed E-state index contributed by atoms with van der Waals surface area (Å²) in [6.45, 7) is 3.16. The minimum absolute atomic E-state index is 0.302. The van der Waals surface area contributed by atoms with Crippen LogP contribution in [0.15, 0.2) is 66.7 Å². The van der Waals surface area contributed by atoms with Crippen molar-refractivity contribution in [1.82, 2.24) is 5.32 Å². The van der Waals surface area contributed by atoms with Gasteiger partial charge in [0.25, 0.3) is 0 Å². The van der Waals surface area contributed by atoms with Gasteiger partial charge in [-0.05, 0) is 55.7 Å². The van der Waals surface area contributed by atoms with Crippen molar-refractivity contribution in [2.45, 2.75) is 39.0 Å². The van der Waals surface area contributed by atoms with E-state index >= 15 is 0 Å². The predicted molar refractivity (Wildman–Crippen MR) is 123 cm³/mol. The molecule has 0 fully saturated rings. The number of nitrogens with one attached hydrogen (secondary N) is 1. The van der Waals surface area contributed by atoms with Gasteiger partial charge in [-0.1, -0.05) is 71.2 Å². The first-order valence-electron chi connectivity index (χ1n) is 9.64. The first-order valence-corrected chi connectivity index (χ1v) is 10.8. The van der Waals surface area contributed by atoms with E-state index in [2.05, 4.69) is 36.5 Å². The largest absolute Gasteiger partial charge is 0.488 e. The van der Waals surface area contributed by atoms with Gasteiger partial charge in [-0.25, -0.2) is 0 Å². The number of hydrogen-bond acceptors (Lipinski definition) is 2. The monoisotopic (exact) mass is 447 g/mol. The molecule has 5 heteroatoms. The Morgan fingerprint density at radius 3 is 2.34 bits per heavy atom. The van der Waals surface area contributed by atoms with E-state index in [1.807, 2.05) is 42.5 Å². The molecule has 29 heavy (non-hydrogen) atoms. The molecular weight excluding hydrogens is 425 g/mol. The summed E-state index contributed by atoms with van der Waals surface area (Å²) >= 11 is 18.7. The molecule has 0 bridgehead atoms. The normalized spacial score (nSPS) is 12.0. The van der Waals surface area contributed by atoms with Crippen LogP contribution in [0.2, 0.25) is 15.1 Å². The zero-order chi connectivity index (χ0) is 20.6. The van der Waals surface area contributed by atoms with Crippen LogP contribution < -0.4 is 10.1 Å². The quantitative estimate of drug-likeness (QED) is 0.370. The summed E-state index contributed by atoms with van der Waals surface area (Å²) in [6.07, 6.45) is 2.09. The maximum Gasteiger partial charge on any atom is 0.124 e. The van der Waals surface area contributed by atoms with E-state index in [-0.39, 0.29) is 0 Å². The molecule has 0 aliphatic heterocycles. The van der Waals surface area contributed by atoms with Gasteiger partial charge in [0.15, 0.2) is 0 Å². The number of halogens is 3. The van der Waals surface area contributed by atoms with Crippen LogP contribution in [0.4, 0.5) is 0 Å². The van der Waals surface area contributed by atoms with Crippen molar-refractivity contribution in [2.24, 2.45) is 0 Å². The Bertz CT molecular complexity index is 910. The molecule has 0 aliphatic carbocycles. The van der Waals surface area contributed by atoms with Crippen LogP contribution in [0.5, 0.6) is 5.75 Å². The van der Waals surface area contributed by atoms with E-state index in [0.29, 0.717) is 34.3 Å². The van der Waals surface area contributed by atoms with Gasteiger partial charge >= 0.3 is 0 Å². The van der Waals surface area contributed by atoms with Crippen LogP contribution in [-0.2, 0) is 19.6 Å². The molecule has 0 saturated carbocycles. The second kappa shape index (κ2) is 10.9. The summed E-state index contributed by atoms with van der Waals surface area (Å²) in [5, 5.41) is 5.44. The summed E-state index contributed by atoms with van der Waals surface area (Å²) in [5.74, 6) is 0.771. The molecule has 0 heterocycles. The van der Waals surface area contributed by atoms with Gasteiger partial charge in [0.1, 0.15) is 12.4 Å². The molecule has 1 N–H and O–H groups in total. The average molecular weight is 449 g/mol. The van der Waals surface area contributed by atoms with Gasteiger partial charge in [0.2, 0.25) is 0 Å². The Balaban J connectivity index is 1.59. The molecule has 3 aromatic rings. The van der Waals surface area contributed by atoms with Crippen LogP contribution >= 0.6 is 34.8 Å². The van der Waals surface area contributed by atoms with Gasteiger partial charge in [-0.3, -0.25) is 0 Å². The highest BCUT2D eigenvalue weighted by Gasteiger charge is 2.11. The molecule has 0 aromatic heterocycles. The average Bonchev–Trinajstić information content (AvgIpc) is 2.72. The first kappa shape index (κ1) is 22.0. The van der Waals surface area contributed by atoms with Gasteiger partial charge < -0.3 is 10.1 Å². The molecule has 0 amide bonds. The summed E-state index contributed by atoms with van der Waals surface area (Å²) in [7, 11) is 0. The second-order valence-corrected chi connectivity index (χ2v) is 8.30. The van der Waals surface area contributed by atoms with Crippen molar-refractivity contribution in [3.8, 4) is 5.75 Å². The number of hydrogen-bond donors (Lipinski definition) is 1. The Morgan fingerprint density at radius 1 is 0.897 bits per heavy atom. The third-order valence-electron chi connectivity index (χ3n) is 4.81. The van der Waals surface area contributed by atoms with Crippen molar-refractivity contribution < 1.29 is 4.74 Å². The number of aryl methyl sites for hydroxylation is 1. The highest BCUT2D eigenvalue weighted by atomic mass is 35.5. The molecule has 0 aliphatic rings. The lowest BCUT2D eigenvalue weighted by molar-refractivity contribution is 0.301. The minimum atomic E-state index is 0.302. The molecule has 0 radical (unpaired) electrons. The molecule has 3 rings (SSSR count). The topological polar surface area (TPSA) is 21.3 Å². The van der Waals surface area contributed by atoms with Gasteiger partial charge in [0, 0.05) is 38.8 Å². The van der Waals surface area contributed by atoms with Crippen molar-refractivity contribution in [2.75, 3.05) is 0 Å². The van der Waals surface area contributed by atoms with Gasteiger partial charge in [-0.2, -0.15) is 0 Å². The molecule has 0 saturated heterocycles. The fourth-order valence-electron chi connectivity index (χ4n) is 3.06. The lowest BCUT2D eigenvalue weighted by Crippen LogP contribution is -2.26. The van der Waals surface area contributed by atoms with Gasteiger partial charge in [-0.15, -0.1) is 0 Å². The van der Waals surface area contributed by atoms with Crippen molar-refractivity contribution in [1.29, 1.82) is 0 Å². The minimum Gasteiger partial charge on any atom is -0.488 e. The fraction of sp³-hybridized carbons (Fsp3) is 0.250. The third kappa shape index (κ3) is 6.65. The smallest absolute Gasteiger partial charge is 0.124 e. The molecular formula is C24H24Cl3NO. The molecule has 152 valence electrons. The summed E-state index contributed by atoms with van der Waals surface area (Å²) < 4.78 is 6.03. The molecule has 2 nitrogen and oxygen atoms in total. The molecule has 3 aromatic carbocycles. The summed E-state index contributed by atoms with van der Waals surface area (Å²) in [6, 6.07) is 22.0. The lowest BCUT2D eigenvalue weighted by Gasteiger charge is -2.17. The predicted octanol–water partition coefficient (Wildman–Crippen LogP) is 7.34. The van der Waals surface area contributed by atoms with Gasteiger partial charge in [0.05, 0.1) is 0 Å². The number of benzene rings is 3. The second-order valence-electron chi connectivity index (χ2n) is 7.05. The Labute approximate surface area is 187 Å². The van der Waals surface area contributed by atoms with Crippen molar-refractivity contribution in [3.63, 3.8) is 0 Å². The zero-order valence-corrected chi connectivity index (χ0v) is 18.6. The Morgan fingerprint density at radius 2 is 1.62 bits per heavy atom. The van der Waals surface area contributed by atoms with E-state index in [1.165, 1.54) is 5.56 Å². The van der Waals surface area contributed by atoms with Crippen LogP contribution in [-0.4, -0.2) is 6.04 Å². The standard InChI is InChI=1S/C24H24Cl3NO/c1-17(10-11-18-6-3-2-4-7-18)28-15-19-14-20(25)12-13-24(19)29-16-21-22(26)8-5-9-23(21)27/h2-9,12-14,17,28H,10-11,15-16H2,1H3. The number of rotatable bonds is 9. The number of ether oxygens (including phenoxy) is 1. The van der Waals surface area contributed by atoms with Crippen molar-refractivity contribution in [3.05, 3.63) is 98.5 Å². The maximum atomic E-state index is 6.25. The van der Waals surface area contributed by atoms with E-state index < -0.39 is 0 Å². The van der Waals surface area contributed by atoms with Crippen LogP contribution in [0.25, 0.3) is 0 Å². The molecule has 0 spiro atoms. The Hall–Kier alpha value is -1.71. The SMILES string of the molecule is CC(CCc1ccccc1)NCc1cc(Cl)ccc1OCc1c(Cl)cccc1Cl. The third-order valence-corrected chi connectivity index (χ3v) is 5.75. The van der Waals surface area contributed by atoms with Crippen LogP contribution in [0.1, 0.15) is 30.0 Å². The first-order chi connectivity index (χ1) is 14.0. The molecule has 1 unspecified atom stereocenters. The van der Waals surface area contributed by atoms with E-state index in [9.17, 15) is 0 Å². The summed E-state index contributed by atoms with van der Waals surface area (Å²) in [4.78, 5) is 0. The maximum absolute atomic E-state index is 6.25. The van der Waals surface area contributed by atoms with Crippen LogP contribution in [0.3, 0.4) is 0 Å². The van der Waals surface area contributed by atoms with Crippen LogP contribution in [0, 0.1) is 0 Å². The lowest BCUT2D eigenvalue weighted by atomic mass is 10.1. The Kier molecular flexibility index (Phi) is 8.26. The summed E-state index contributed by atoms with van der Waals surface area (Å²) in [5.41, 5.74) is 3.14. The van der Waals surface area contributed by atoms with E-state index in [4.69, 9.17) is 39.5 Å². The molecule has 1 atom stereocenters. The highest BCUT2D eigenvalue weighted by Crippen LogP contribution is 2.28. The van der Waals surface area contributed by atoms with E-state index in [0.717, 1.165) is 29.7 Å². The van der Waals surface area contributed by atoms with E-state index in [1.54, 1.807) is 0 Å². The fourth-order valence-corrected chi connectivity index (χ4v) is 3.76. The zero-order valence-electron chi connectivity index (χ0n) is 16.3. The van der Waals surface area contributed by atoms with Crippen molar-refractivity contribution >= 4 is 34.8 Å². The highest BCUT2D eigenvalue weighted by molar-refractivity contribution is 6.36.